The average molecular weight is 280 g/mol. The van der Waals surface area contributed by atoms with E-state index in [9.17, 15) is 4.79 Å². The van der Waals surface area contributed by atoms with Crippen LogP contribution in [0.15, 0.2) is 6.07 Å². The van der Waals surface area contributed by atoms with E-state index >= 15 is 0 Å². The Hall–Kier alpha value is -1.66. The SMILES string of the molecule is COCCNC(=O)CN(C)c1nc(C)cc(C)c1CN. The number of hydrogen-bond donors (Lipinski definition) is 2. The van der Waals surface area contributed by atoms with Gasteiger partial charge in [-0.25, -0.2) is 4.98 Å². The minimum Gasteiger partial charge on any atom is -0.383 e. The molecule has 0 aromatic carbocycles. The van der Waals surface area contributed by atoms with E-state index in [1.54, 1.807) is 7.11 Å². The van der Waals surface area contributed by atoms with Gasteiger partial charge in [0.25, 0.3) is 0 Å². The van der Waals surface area contributed by atoms with Gasteiger partial charge in [-0.2, -0.15) is 0 Å². The summed E-state index contributed by atoms with van der Waals surface area (Å²) in [6.45, 7) is 5.60. The van der Waals surface area contributed by atoms with Crippen LogP contribution in [0.1, 0.15) is 16.8 Å². The van der Waals surface area contributed by atoms with Crippen LogP contribution < -0.4 is 16.0 Å². The molecule has 3 N–H and O–H groups in total. The lowest BCUT2D eigenvalue weighted by Gasteiger charge is -2.22. The summed E-state index contributed by atoms with van der Waals surface area (Å²) >= 11 is 0. The molecule has 1 heterocycles. The van der Waals surface area contributed by atoms with Gasteiger partial charge in [0.2, 0.25) is 5.91 Å². The molecule has 0 bridgehead atoms. The maximum absolute atomic E-state index is 11.8. The number of methoxy groups -OCH3 is 1. The molecule has 0 aliphatic carbocycles. The van der Waals surface area contributed by atoms with Crippen LogP contribution in [0, 0.1) is 13.8 Å². The van der Waals surface area contributed by atoms with Crippen molar-refractivity contribution in [1.82, 2.24) is 10.3 Å². The van der Waals surface area contributed by atoms with Crippen LogP contribution in [0.5, 0.6) is 0 Å². The standard InChI is InChI=1S/C14H24N4O2/c1-10-7-11(2)17-14(12(10)8-15)18(3)9-13(19)16-5-6-20-4/h7H,5-6,8-9,15H2,1-4H3,(H,16,19). The summed E-state index contributed by atoms with van der Waals surface area (Å²) in [5, 5.41) is 2.79. The van der Waals surface area contributed by atoms with E-state index < -0.39 is 0 Å². The van der Waals surface area contributed by atoms with Crippen molar-refractivity contribution in [2.24, 2.45) is 5.73 Å². The molecule has 1 aromatic heterocycles. The second kappa shape index (κ2) is 7.81. The highest BCUT2D eigenvalue weighted by Gasteiger charge is 2.14. The number of carbonyl (C=O) groups is 1. The number of anilines is 1. The van der Waals surface area contributed by atoms with Crippen LogP contribution >= 0.6 is 0 Å². The van der Waals surface area contributed by atoms with Crippen molar-refractivity contribution in [1.29, 1.82) is 0 Å². The van der Waals surface area contributed by atoms with Gasteiger partial charge in [-0.15, -0.1) is 0 Å². The summed E-state index contributed by atoms with van der Waals surface area (Å²) in [7, 11) is 3.45. The molecule has 0 saturated carbocycles. The summed E-state index contributed by atoms with van der Waals surface area (Å²) in [5.41, 5.74) is 8.78. The van der Waals surface area contributed by atoms with Crippen molar-refractivity contribution in [3.8, 4) is 0 Å². The fourth-order valence-electron chi connectivity index (χ4n) is 2.05. The second-order valence-electron chi connectivity index (χ2n) is 4.79. The summed E-state index contributed by atoms with van der Waals surface area (Å²) in [5.74, 6) is 0.709. The molecular weight excluding hydrogens is 256 g/mol. The molecule has 6 heteroatoms. The van der Waals surface area contributed by atoms with Gasteiger partial charge >= 0.3 is 0 Å². The Labute approximate surface area is 120 Å². The molecule has 0 aliphatic heterocycles. The zero-order valence-corrected chi connectivity index (χ0v) is 12.7. The predicted molar refractivity (Wildman–Crippen MR) is 79.8 cm³/mol. The van der Waals surface area contributed by atoms with Gasteiger partial charge in [0.1, 0.15) is 5.82 Å². The summed E-state index contributed by atoms with van der Waals surface area (Å²) in [6.07, 6.45) is 0. The van der Waals surface area contributed by atoms with E-state index in [-0.39, 0.29) is 12.5 Å². The molecule has 0 radical (unpaired) electrons. The lowest BCUT2D eigenvalue weighted by molar-refractivity contribution is -0.119. The second-order valence-corrected chi connectivity index (χ2v) is 4.79. The van der Waals surface area contributed by atoms with Crippen LogP contribution in [0.25, 0.3) is 0 Å². The maximum atomic E-state index is 11.8. The molecule has 20 heavy (non-hydrogen) atoms. The highest BCUT2D eigenvalue weighted by atomic mass is 16.5. The molecule has 1 amide bonds. The Morgan fingerprint density at radius 2 is 2.20 bits per heavy atom. The van der Waals surface area contributed by atoms with Gasteiger partial charge in [0, 0.05) is 38.5 Å². The summed E-state index contributed by atoms with van der Waals surface area (Å²) in [4.78, 5) is 18.1. The van der Waals surface area contributed by atoms with Crippen LogP contribution in [0.2, 0.25) is 0 Å². The number of hydrogen-bond acceptors (Lipinski definition) is 5. The molecule has 0 atom stereocenters. The lowest BCUT2D eigenvalue weighted by atomic mass is 10.1. The van der Waals surface area contributed by atoms with Gasteiger partial charge in [0.05, 0.1) is 13.2 Å². The first-order valence-corrected chi connectivity index (χ1v) is 6.63. The largest absolute Gasteiger partial charge is 0.383 e. The van der Waals surface area contributed by atoms with Crippen LogP contribution in [0.4, 0.5) is 5.82 Å². The number of amides is 1. The Kier molecular flexibility index (Phi) is 6.41. The topological polar surface area (TPSA) is 80.5 Å². The van der Waals surface area contributed by atoms with Crippen molar-refractivity contribution in [2.45, 2.75) is 20.4 Å². The third-order valence-electron chi connectivity index (χ3n) is 3.03. The van der Waals surface area contributed by atoms with E-state index in [0.29, 0.717) is 19.7 Å². The summed E-state index contributed by atoms with van der Waals surface area (Å²) in [6, 6.07) is 2.00. The van der Waals surface area contributed by atoms with E-state index in [4.69, 9.17) is 10.5 Å². The van der Waals surface area contributed by atoms with Crippen LogP contribution in [0.3, 0.4) is 0 Å². The fourth-order valence-corrected chi connectivity index (χ4v) is 2.05. The Bertz CT molecular complexity index is 463. The van der Waals surface area contributed by atoms with Gasteiger partial charge in [0.15, 0.2) is 0 Å². The Morgan fingerprint density at radius 1 is 1.50 bits per heavy atom. The first-order valence-electron chi connectivity index (χ1n) is 6.63. The average Bonchev–Trinajstić information content (AvgIpc) is 2.38. The van der Waals surface area contributed by atoms with Crippen molar-refractivity contribution in [3.05, 3.63) is 22.9 Å². The minimum atomic E-state index is -0.0616. The molecular formula is C14H24N4O2. The monoisotopic (exact) mass is 280 g/mol. The van der Waals surface area contributed by atoms with Crippen molar-refractivity contribution in [3.63, 3.8) is 0 Å². The molecule has 1 rings (SSSR count). The minimum absolute atomic E-state index is 0.0616. The van der Waals surface area contributed by atoms with E-state index in [0.717, 1.165) is 22.6 Å². The maximum Gasteiger partial charge on any atom is 0.239 e. The molecule has 0 saturated heterocycles. The number of pyridine rings is 1. The Morgan fingerprint density at radius 3 is 2.80 bits per heavy atom. The molecule has 112 valence electrons. The van der Waals surface area contributed by atoms with Crippen LogP contribution in [-0.4, -0.2) is 44.7 Å². The quantitative estimate of drug-likeness (QED) is 0.705. The lowest BCUT2D eigenvalue weighted by Crippen LogP contribution is -2.37. The van der Waals surface area contributed by atoms with E-state index in [1.807, 2.05) is 31.9 Å². The van der Waals surface area contributed by atoms with E-state index in [2.05, 4.69) is 10.3 Å². The third kappa shape index (κ3) is 4.47. The number of nitrogens with one attached hydrogen (secondary N) is 1. The fraction of sp³-hybridized carbons (Fsp3) is 0.571. The number of nitrogens with zero attached hydrogens (tertiary/aromatic N) is 2. The van der Waals surface area contributed by atoms with Gasteiger partial charge < -0.3 is 20.7 Å². The predicted octanol–water partition coefficient (Wildman–Crippen LogP) is 0.356. The zero-order chi connectivity index (χ0) is 15.1. The molecule has 0 spiro atoms. The Balaban J connectivity index is 2.76. The number of ether oxygens (including phenoxy) is 1. The first kappa shape index (κ1) is 16.4. The smallest absolute Gasteiger partial charge is 0.239 e. The number of aryl methyl sites for hydroxylation is 2. The van der Waals surface area contributed by atoms with Crippen LogP contribution in [-0.2, 0) is 16.1 Å². The normalized spacial score (nSPS) is 10.4. The summed E-state index contributed by atoms with van der Waals surface area (Å²) < 4.78 is 4.89. The molecule has 6 nitrogen and oxygen atoms in total. The zero-order valence-electron chi connectivity index (χ0n) is 12.7. The third-order valence-corrected chi connectivity index (χ3v) is 3.03. The van der Waals surface area contributed by atoms with Gasteiger partial charge in [-0.05, 0) is 25.5 Å². The highest BCUT2D eigenvalue weighted by molar-refractivity contribution is 5.81. The molecule has 0 unspecified atom stereocenters. The number of likely N-dealkylation sites (N-methyl/N-ethyl adjacent to an activating group) is 1. The van der Waals surface area contributed by atoms with Gasteiger partial charge in [-0.3, -0.25) is 4.79 Å². The van der Waals surface area contributed by atoms with Crippen molar-refractivity contribution >= 4 is 11.7 Å². The molecule has 1 aromatic rings. The van der Waals surface area contributed by atoms with Crippen molar-refractivity contribution < 1.29 is 9.53 Å². The number of carbonyl (C=O) groups excluding carboxylic acids is 1. The number of aromatic nitrogens is 1. The van der Waals surface area contributed by atoms with Gasteiger partial charge in [-0.1, -0.05) is 0 Å². The van der Waals surface area contributed by atoms with E-state index in [1.165, 1.54) is 0 Å². The molecule has 0 aliphatic rings. The number of rotatable bonds is 7. The number of nitrogens with two attached hydrogens (primary N) is 1. The highest BCUT2D eigenvalue weighted by Crippen LogP contribution is 2.20. The van der Waals surface area contributed by atoms with Crippen molar-refractivity contribution in [2.75, 3.05) is 38.8 Å². The first-order chi connectivity index (χ1) is 9.49. The molecule has 0 fully saturated rings.